The van der Waals surface area contributed by atoms with E-state index in [1.54, 1.807) is 17.7 Å². The van der Waals surface area contributed by atoms with Gasteiger partial charge < -0.3 is 19.5 Å². The standard InChI is InChI=1S/C12H16N4O3/c1-6-5-14-11(19-6)7(2)16-8(3)15-9(10(16)13)12(17)18-4/h5,7H,13H2,1-4H3. The number of nitrogens with zero attached hydrogens (tertiary/aromatic N) is 3. The predicted molar refractivity (Wildman–Crippen MR) is 67.8 cm³/mol. The van der Waals surface area contributed by atoms with E-state index in [1.807, 2.05) is 13.8 Å². The minimum atomic E-state index is -0.560. The van der Waals surface area contributed by atoms with Gasteiger partial charge in [0.1, 0.15) is 23.4 Å². The molecule has 0 saturated heterocycles. The van der Waals surface area contributed by atoms with E-state index in [4.69, 9.17) is 10.2 Å². The summed E-state index contributed by atoms with van der Waals surface area (Å²) in [4.78, 5) is 19.8. The number of imidazole rings is 1. The first-order valence-corrected chi connectivity index (χ1v) is 5.80. The topological polar surface area (TPSA) is 96.2 Å². The SMILES string of the molecule is COC(=O)c1nc(C)n(C(C)c2ncc(C)o2)c1N. The Bertz CT molecular complexity index is 615. The lowest BCUT2D eigenvalue weighted by molar-refractivity contribution is 0.0595. The Balaban J connectivity index is 2.45. The van der Waals surface area contributed by atoms with Crippen molar-refractivity contribution < 1.29 is 13.9 Å². The molecule has 2 N–H and O–H groups in total. The van der Waals surface area contributed by atoms with Gasteiger partial charge >= 0.3 is 5.97 Å². The van der Waals surface area contributed by atoms with Crippen molar-refractivity contribution in [1.82, 2.24) is 14.5 Å². The Morgan fingerprint density at radius 2 is 2.21 bits per heavy atom. The number of carbonyl (C=O) groups is 1. The third-order valence-electron chi connectivity index (χ3n) is 2.89. The van der Waals surface area contributed by atoms with Crippen molar-refractivity contribution in [3.63, 3.8) is 0 Å². The Hall–Kier alpha value is -2.31. The number of carbonyl (C=O) groups excluding carboxylic acids is 1. The fraction of sp³-hybridized carbons (Fsp3) is 0.417. The summed E-state index contributed by atoms with van der Waals surface area (Å²) in [5, 5.41) is 0. The Kier molecular flexibility index (Phi) is 3.28. The fourth-order valence-electron chi connectivity index (χ4n) is 1.97. The van der Waals surface area contributed by atoms with Crippen LogP contribution in [0.3, 0.4) is 0 Å². The molecule has 2 aromatic heterocycles. The van der Waals surface area contributed by atoms with E-state index >= 15 is 0 Å². The predicted octanol–water partition coefficient (Wildman–Crippen LogP) is 1.47. The zero-order valence-electron chi connectivity index (χ0n) is 11.3. The van der Waals surface area contributed by atoms with Gasteiger partial charge in [0.15, 0.2) is 5.69 Å². The molecule has 19 heavy (non-hydrogen) atoms. The third kappa shape index (κ3) is 2.18. The first kappa shape index (κ1) is 13.1. The number of aromatic nitrogens is 3. The summed E-state index contributed by atoms with van der Waals surface area (Å²) in [5.41, 5.74) is 6.06. The minimum Gasteiger partial charge on any atom is -0.464 e. The number of rotatable bonds is 3. The number of nitrogens with two attached hydrogens (primary N) is 1. The van der Waals surface area contributed by atoms with Crippen LogP contribution >= 0.6 is 0 Å². The highest BCUT2D eigenvalue weighted by molar-refractivity contribution is 5.92. The smallest absolute Gasteiger partial charge is 0.360 e. The Morgan fingerprint density at radius 3 is 2.74 bits per heavy atom. The molecule has 0 aliphatic rings. The van der Waals surface area contributed by atoms with Gasteiger partial charge in [0, 0.05) is 0 Å². The molecule has 0 aliphatic heterocycles. The minimum absolute atomic E-state index is 0.107. The normalized spacial score (nSPS) is 12.4. The second-order valence-corrected chi connectivity index (χ2v) is 4.24. The lowest BCUT2D eigenvalue weighted by atomic mass is 10.3. The summed E-state index contributed by atoms with van der Waals surface area (Å²) >= 11 is 0. The van der Waals surface area contributed by atoms with Gasteiger partial charge in [0.25, 0.3) is 0 Å². The monoisotopic (exact) mass is 264 g/mol. The molecule has 0 spiro atoms. The summed E-state index contributed by atoms with van der Waals surface area (Å²) in [6, 6.07) is -0.250. The maximum absolute atomic E-state index is 11.5. The molecule has 0 fully saturated rings. The number of methoxy groups -OCH3 is 1. The van der Waals surface area contributed by atoms with Crippen LogP contribution < -0.4 is 5.73 Å². The van der Waals surface area contributed by atoms with E-state index in [-0.39, 0.29) is 17.6 Å². The number of esters is 1. The highest BCUT2D eigenvalue weighted by Crippen LogP contribution is 2.25. The fourth-order valence-corrected chi connectivity index (χ4v) is 1.97. The molecule has 0 saturated carbocycles. The zero-order valence-corrected chi connectivity index (χ0v) is 11.3. The van der Waals surface area contributed by atoms with E-state index in [2.05, 4.69) is 14.7 Å². The van der Waals surface area contributed by atoms with Crippen molar-refractivity contribution in [2.24, 2.45) is 0 Å². The summed E-state index contributed by atoms with van der Waals surface area (Å²) in [5.74, 6) is 1.51. The van der Waals surface area contributed by atoms with E-state index < -0.39 is 5.97 Å². The van der Waals surface area contributed by atoms with Crippen LogP contribution in [0.5, 0.6) is 0 Å². The number of ether oxygens (including phenoxy) is 1. The molecule has 1 atom stereocenters. The van der Waals surface area contributed by atoms with E-state index in [0.29, 0.717) is 17.5 Å². The first-order valence-electron chi connectivity index (χ1n) is 5.80. The maximum Gasteiger partial charge on any atom is 0.360 e. The molecule has 1 unspecified atom stereocenters. The van der Waals surface area contributed by atoms with E-state index in [9.17, 15) is 4.79 Å². The number of anilines is 1. The molecule has 0 amide bonds. The van der Waals surface area contributed by atoms with Crippen LogP contribution in [0.4, 0.5) is 5.82 Å². The van der Waals surface area contributed by atoms with E-state index in [1.165, 1.54) is 7.11 Å². The summed E-state index contributed by atoms with van der Waals surface area (Å²) in [6.07, 6.45) is 1.63. The van der Waals surface area contributed by atoms with Crippen LogP contribution in [0.1, 0.15) is 40.9 Å². The lowest BCUT2D eigenvalue weighted by Crippen LogP contribution is -2.13. The van der Waals surface area contributed by atoms with Gasteiger partial charge in [-0.1, -0.05) is 0 Å². The molecular formula is C12H16N4O3. The van der Waals surface area contributed by atoms with Gasteiger partial charge in [-0.2, -0.15) is 0 Å². The molecule has 2 heterocycles. The summed E-state index contributed by atoms with van der Waals surface area (Å²) in [6.45, 7) is 5.44. The Labute approximate surface area is 110 Å². The second-order valence-electron chi connectivity index (χ2n) is 4.24. The number of nitrogen functional groups attached to an aromatic ring is 1. The highest BCUT2D eigenvalue weighted by atomic mass is 16.5. The third-order valence-corrected chi connectivity index (χ3v) is 2.89. The van der Waals surface area contributed by atoms with Crippen LogP contribution in [-0.4, -0.2) is 27.6 Å². The largest absolute Gasteiger partial charge is 0.464 e. The van der Waals surface area contributed by atoms with Crippen LogP contribution in [0.2, 0.25) is 0 Å². The molecule has 0 aromatic carbocycles. The van der Waals surface area contributed by atoms with Crippen LogP contribution in [0.15, 0.2) is 10.6 Å². The van der Waals surface area contributed by atoms with E-state index in [0.717, 1.165) is 0 Å². The average Bonchev–Trinajstić information content (AvgIpc) is 2.92. The maximum atomic E-state index is 11.5. The van der Waals surface area contributed by atoms with Crippen molar-refractivity contribution >= 4 is 11.8 Å². The molecule has 102 valence electrons. The van der Waals surface area contributed by atoms with Gasteiger partial charge in [-0.3, -0.25) is 0 Å². The number of hydrogen-bond acceptors (Lipinski definition) is 6. The molecule has 2 aromatic rings. The number of aryl methyl sites for hydroxylation is 2. The lowest BCUT2D eigenvalue weighted by Gasteiger charge is -2.13. The molecule has 7 heteroatoms. The number of oxazole rings is 1. The number of hydrogen-bond donors (Lipinski definition) is 1. The van der Waals surface area contributed by atoms with Gasteiger partial charge in [-0.05, 0) is 20.8 Å². The highest BCUT2D eigenvalue weighted by Gasteiger charge is 2.24. The molecular weight excluding hydrogens is 248 g/mol. The molecule has 0 aliphatic carbocycles. The summed E-state index contributed by atoms with van der Waals surface area (Å²) < 4.78 is 11.8. The second kappa shape index (κ2) is 4.75. The van der Waals surface area contributed by atoms with Crippen molar-refractivity contribution in [3.8, 4) is 0 Å². The van der Waals surface area contributed by atoms with Crippen molar-refractivity contribution in [2.75, 3.05) is 12.8 Å². The van der Waals surface area contributed by atoms with Gasteiger partial charge in [-0.15, -0.1) is 0 Å². The van der Waals surface area contributed by atoms with Crippen molar-refractivity contribution in [1.29, 1.82) is 0 Å². The van der Waals surface area contributed by atoms with Crippen molar-refractivity contribution in [2.45, 2.75) is 26.8 Å². The molecule has 2 rings (SSSR count). The van der Waals surface area contributed by atoms with Crippen LogP contribution in [0, 0.1) is 13.8 Å². The molecule has 0 radical (unpaired) electrons. The Morgan fingerprint density at radius 1 is 1.53 bits per heavy atom. The average molecular weight is 264 g/mol. The van der Waals surface area contributed by atoms with Gasteiger partial charge in [0.2, 0.25) is 5.89 Å². The summed E-state index contributed by atoms with van der Waals surface area (Å²) in [7, 11) is 1.29. The van der Waals surface area contributed by atoms with Gasteiger partial charge in [0.05, 0.1) is 13.3 Å². The van der Waals surface area contributed by atoms with Crippen molar-refractivity contribution in [3.05, 3.63) is 29.4 Å². The quantitative estimate of drug-likeness (QED) is 0.843. The zero-order chi connectivity index (χ0) is 14.2. The molecule has 7 nitrogen and oxygen atoms in total. The molecule has 0 bridgehead atoms. The first-order chi connectivity index (χ1) is 8.95. The van der Waals surface area contributed by atoms with Gasteiger partial charge in [-0.25, -0.2) is 14.8 Å². The van der Waals surface area contributed by atoms with Crippen LogP contribution in [0.25, 0.3) is 0 Å². The van der Waals surface area contributed by atoms with Crippen LogP contribution in [-0.2, 0) is 4.74 Å².